The van der Waals surface area contributed by atoms with Gasteiger partial charge in [-0.25, -0.2) is 15.0 Å². The molecule has 0 saturated heterocycles. The van der Waals surface area contributed by atoms with Gasteiger partial charge in [-0.15, -0.1) is 11.8 Å². The van der Waals surface area contributed by atoms with Crippen molar-refractivity contribution in [1.29, 1.82) is 0 Å². The van der Waals surface area contributed by atoms with Gasteiger partial charge in [-0.05, 0) is 77.1 Å². The Kier molecular flexibility index (Phi) is 8.92. The normalized spacial score (nSPS) is 16.8. The number of hydrogen-bond donors (Lipinski definition) is 1. The lowest BCUT2D eigenvalue weighted by Crippen LogP contribution is -2.68. The van der Waals surface area contributed by atoms with E-state index in [0.29, 0.717) is 11.1 Å². The first kappa shape index (κ1) is 31.6. The van der Waals surface area contributed by atoms with Crippen molar-refractivity contribution in [2.45, 2.75) is 69.7 Å². The number of carbonyl (C=O) groups is 4. The highest BCUT2D eigenvalue weighted by atomic mass is 32.2. The van der Waals surface area contributed by atoms with Crippen molar-refractivity contribution in [2.24, 2.45) is 0 Å². The number of nitrogens with zero attached hydrogens (tertiary/aromatic N) is 2. The average Bonchev–Trinajstić information content (AvgIpc) is 2.94. The fourth-order valence-electron chi connectivity index (χ4n) is 4.87. The quantitative estimate of drug-likeness (QED) is 0.201. The SMILES string of the molecule is CSc1ccc(C2(N(NC(=O)OC(C)(C)C)C(=O)OC(C)(C)C)C(=O)N(Cc3ccccc3)C(=O)c3ccccc32)cc1. The van der Waals surface area contributed by atoms with Crippen LogP contribution in [0, 0.1) is 0 Å². The second-order valence-corrected chi connectivity index (χ2v) is 13.0. The monoisotopic (exact) mass is 603 g/mol. The Morgan fingerprint density at radius 2 is 1.42 bits per heavy atom. The third kappa shape index (κ3) is 6.69. The van der Waals surface area contributed by atoms with E-state index < -0.39 is 40.7 Å². The zero-order chi connectivity index (χ0) is 31.6. The minimum absolute atomic E-state index is 0.0634. The summed E-state index contributed by atoms with van der Waals surface area (Å²) in [5, 5.41) is 0.867. The molecule has 10 heteroatoms. The van der Waals surface area contributed by atoms with Crippen LogP contribution in [0.15, 0.2) is 83.8 Å². The molecule has 0 saturated carbocycles. The van der Waals surface area contributed by atoms with Gasteiger partial charge in [0, 0.05) is 16.0 Å². The smallest absolute Gasteiger partial charge is 0.431 e. The van der Waals surface area contributed by atoms with E-state index in [-0.39, 0.29) is 17.7 Å². The number of hydrazine groups is 1. The van der Waals surface area contributed by atoms with Crippen molar-refractivity contribution in [3.8, 4) is 0 Å². The number of benzene rings is 3. The Balaban J connectivity index is 2.04. The number of amides is 4. The summed E-state index contributed by atoms with van der Waals surface area (Å²) in [6.45, 7) is 10.0. The molecule has 4 amide bonds. The van der Waals surface area contributed by atoms with Crippen molar-refractivity contribution in [3.05, 3.63) is 101 Å². The maximum Gasteiger partial charge on any atom is 0.431 e. The summed E-state index contributed by atoms with van der Waals surface area (Å²) < 4.78 is 11.3. The van der Waals surface area contributed by atoms with Gasteiger partial charge in [0.05, 0.1) is 6.54 Å². The summed E-state index contributed by atoms with van der Waals surface area (Å²) >= 11 is 1.51. The Labute approximate surface area is 256 Å². The van der Waals surface area contributed by atoms with Crippen LogP contribution < -0.4 is 5.43 Å². The van der Waals surface area contributed by atoms with Gasteiger partial charge >= 0.3 is 12.2 Å². The summed E-state index contributed by atoms with van der Waals surface area (Å²) in [4.78, 5) is 58.4. The molecule has 1 heterocycles. The molecular formula is C33H37N3O6S. The first-order valence-corrected chi connectivity index (χ1v) is 15.1. The number of imide groups is 1. The summed E-state index contributed by atoms with van der Waals surface area (Å²) in [5.41, 5.74) is 0.0478. The van der Waals surface area contributed by atoms with Crippen LogP contribution in [0.1, 0.15) is 68.6 Å². The van der Waals surface area contributed by atoms with Crippen molar-refractivity contribution in [1.82, 2.24) is 15.3 Å². The standard InChI is InChI=1S/C33H37N3O6S/c1-31(2,3)41-29(39)34-36(30(40)42-32(4,5)6)33(23-17-19-24(43-7)20-18-23)26-16-12-11-15-25(26)27(37)35(28(33)38)21-22-13-9-8-10-14-22/h8-20H,21H2,1-7H3,(H,34,39). The van der Waals surface area contributed by atoms with Crippen LogP contribution >= 0.6 is 11.8 Å². The van der Waals surface area contributed by atoms with Crippen molar-refractivity contribution in [2.75, 3.05) is 6.26 Å². The molecule has 1 N–H and O–H groups in total. The van der Waals surface area contributed by atoms with E-state index in [4.69, 9.17) is 9.47 Å². The van der Waals surface area contributed by atoms with E-state index in [0.717, 1.165) is 14.8 Å². The first-order chi connectivity index (χ1) is 20.2. The number of carbonyl (C=O) groups excluding carboxylic acids is 4. The number of ether oxygens (including phenoxy) is 2. The number of hydrogen-bond acceptors (Lipinski definition) is 7. The average molecular weight is 604 g/mol. The van der Waals surface area contributed by atoms with Gasteiger partial charge in [-0.1, -0.05) is 60.7 Å². The van der Waals surface area contributed by atoms with Gasteiger partial charge < -0.3 is 9.47 Å². The molecule has 1 aliphatic rings. The van der Waals surface area contributed by atoms with Crippen LogP contribution in [0.4, 0.5) is 9.59 Å². The molecule has 0 fully saturated rings. The van der Waals surface area contributed by atoms with Crippen LogP contribution in [0.2, 0.25) is 0 Å². The minimum atomic E-state index is -2.05. The van der Waals surface area contributed by atoms with Crippen molar-refractivity contribution in [3.63, 3.8) is 0 Å². The van der Waals surface area contributed by atoms with E-state index in [1.807, 2.05) is 36.6 Å². The molecule has 1 unspecified atom stereocenters. The highest BCUT2D eigenvalue weighted by Crippen LogP contribution is 2.44. The van der Waals surface area contributed by atoms with Gasteiger partial charge in [-0.2, -0.15) is 5.01 Å². The fourth-order valence-corrected chi connectivity index (χ4v) is 5.27. The van der Waals surface area contributed by atoms with Gasteiger partial charge in [0.15, 0.2) is 5.54 Å². The van der Waals surface area contributed by atoms with Crippen molar-refractivity contribution < 1.29 is 28.7 Å². The molecule has 1 atom stereocenters. The van der Waals surface area contributed by atoms with Gasteiger partial charge in [0.25, 0.3) is 11.8 Å². The zero-order valence-electron chi connectivity index (χ0n) is 25.5. The molecule has 0 radical (unpaired) electrons. The third-order valence-corrected chi connectivity index (χ3v) is 7.30. The van der Waals surface area contributed by atoms with E-state index in [1.54, 1.807) is 90.1 Å². The van der Waals surface area contributed by atoms with Crippen LogP contribution in [0.5, 0.6) is 0 Å². The molecule has 0 spiro atoms. The van der Waals surface area contributed by atoms with Crippen LogP contribution in [0.25, 0.3) is 0 Å². The highest BCUT2D eigenvalue weighted by Gasteiger charge is 2.59. The maximum atomic E-state index is 15.0. The molecule has 3 aromatic rings. The minimum Gasteiger partial charge on any atom is -0.443 e. The lowest BCUT2D eigenvalue weighted by atomic mass is 9.75. The number of thioether (sulfide) groups is 1. The fraction of sp³-hybridized carbons (Fsp3) is 0.333. The molecule has 0 aromatic heterocycles. The zero-order valence-corrected chi connectivity index (χ0v) is 26.3. The largest absolute Gasteiger partial charge is 0.443 e. The van der Waals surface area contributed by atoms with Crippen LogP contribution in [-0.4, -0.2) is 51.4 Å². The molecule has 226 valence electrons. The van der Waals surface area contributed by atoms with Gasteiger partial charge in [-0.3, -0.25) is 14.5 Å². The number of nitrogens with one attached hydrogen (secondary N) is 1. The first-order valence-electron chi connectivity index (χ1n) is 13.8. The van der Waals surface area contributed by atoms with E-state index in [1.165, 1.54) is 11.8 Å². The second kappa shape index (κ2) is 12.1. The number of fused-ring (bicyclic) bond motifs is 1. The Bertz CT molecular complexity index is 1510. The highest BCUT2D eigenvalue weighted by molar-refractivity contribution is 7.98. The number of rotatable bonds is 5. The molecule has 0 bridgehead atoms. The molecule has 1 aliphatic heterocycles. The topological polar surface area (TPSA) is 105 Å². The summed E-state index contributed by atoms with van der Waals surface area (Å²) in [5.74, 6) is -1.26. The van der Waals surface area contributed by atoms with E-state index in [9.17, 15) is 14.4 Å². The van der Waals surface area contributed by atoms with Crippen molar-refractivity contribution >= 4 is 35.8 Å². The third-order valence-electron chi connectivity index (χ3n) is 6.55. The lowest BCUT2D eigenvalue weighted by molar-refractivity contribution is -0.143. The molecule has 4 rings (SSSR count). The predicted molar refractivity (Wildman–Crippen MR) is 164 cm³/mol. The Hall–Kier alpha value is -4.31. The summed E-state index contributed by atoms with van der Waals surface area (Å²) in [6.07, 6.45) is -0.0666. The predicted octanol–water partition coefficient (Wildman–Crippen LogP) is 6.51. The van der Waals surface area contributed by atoms with E-state index >= 15 is 4.79 Å². The maximum absolute atomic E-state index is 15.0. The molecule has 0 aliphatic carbocycles. The summed E-state index contributed by atoms with van der Waals surface area (Å²) in [6, 6.07) is 22.7. The molecule has 43 heavy (non-hydrogen) atoms. The van der Waals surface area contributed by atoms with Gasteiger partial charge in [0.1, 0.15) is 11.2 Å². The molecular weight excluding hydrogens is 566 g/mol. The Morgan fingerprint density at radius 1 is 0.837 bits per heavy atom. The molecule has 9 nitrogen and oxygen atoms in total. The van der Waals surface area contributed by atoms with Gasteiger partial charge in [0.2, 0.25) is 0 Å². The lowest BCUT2D eigenvalue weighted by Gasteiger charge is -2.47. The Morgan fingerprint density at radius 3 is 2.00 bits per heavy atom. The van der Waals surface area contributed by atoms with E-state index in [2.05, 4.69) is 5.43 Å². The van der Waals surface area contributed by atoms with Crippen LogP contribution in [0.3, 0.4) is 0 Å². The van der Waals surface area contributed by atoms with Crippen LogP contribution in [-0.2, 0) is 26.4 Å². The summed E-state index contributed by atoms with van der Waals surface area (Å²) in [7, 11) is 0. The second-order valence-electron chi connectivity index (χ2n) is 12.1. The molecule has 3 aromatic carbocycles.